The number of amides is 1. The van der Waals surface area contributed by atoms with Gasteiger partial charge in [0.1, 0.15) is 5.82 Å². The third-order valence-electron chi connectivity index (χ3n) is 8.69. The second-order valence-electron chi connectivity index (χ2n) is 11.1. The summed E-state index contributed by atoms with van der Waals surface area (Å²) in [6, 6.07) is 17.3. The molecule has 0 saturated carbocycles. The number of hydrogen-bond donors (Lipinski definition) is 1. The maximum atomic E-state index is 15.5. The van der Waals surface area contributed by atoms with Gasteiger partial charge in [-0.05, 0) is 85.6 Å². The Morgan fingerprint density at radius 3 is 2.71 bits per heavy atom. The third-order valence-corrected chi connectivity index (χ3v) is 9.93. The van der Waals surface area contributed by atoms with Crippen molar-refractivity contribution in [3.05, 3.63) is 88.4 Å². The van der Waals surface area contributed by atoms with E-state index in [1.54, 1.807) is 6.07 Å². The molecule has 1 amide bonds. The smallest absolute Gasteiger partial charge is 0.374 e. The first-order chi connectivity index (χ1) is 20.2. The largest absolute Gasteiger partial charge is 0.472 e. The molecule has 0 radical (unpaired) electrons. The van der Waals surface area contributed by atoms with Gasteiger partial charge in [0.05, 0.1) is 17.3 Å². The van der Waals surface area contributed by atoms with Gasteiger partial charge in [-0.25, -0.2) is 13.7 Å². The lowest BCUT2D eigenvalue weighted by molar-refractivity contribution is -0.130. The number of aromatic nitrogens is 2. The van der Waals surface area contributed by atoms with Crippen LogP contribution in [-0.2, 0) is 17.6 Å². The van der Waals surface area contributed by atoms with Crippen molar-refractivity contribution in [1.82, 2.24) is 14.5 Å². The molecule has 9 heteroatoms. The highest BCUT2D eigenvalue weighted by atomic mass is 28.2. The topological polar surface area (TPSA) is 78.2 Å². The predicted molar refractivity (Wildman–Crippen MR) is 162 cm³/mol. The number of aryl methyl sites for hydroxylation is 2. The first kappa shape index (κ1) is 27.9. The van der Waals surface area contributed by atoms with E-state index in [2.05, 4.69) is 29.5 Å². The van der Waals surface area contributed by atoms with E-state index in [0.29, 0.717) is 36.3 Å². The van der Waals surface area contributed by atoms with Crippen LogP contribution in [-0.4, -0.2) is 60.1 Å². The number of carboxylic acid groups (broad SMARTS) is 1. The third kappa shape index (κ3) is 5.03. The second-order valence-corrected chi connectivity index (χ2v) is 12.5. The molecular weight excluding hydrogens is 547 g/mol. The van der Waals surface area contributed by atoms with Crippen LogP contribution in [0.15, 0.2) is 54.6 Å². The van der Waals surface area contributed by atoms with Crippen molar-refractivity contribution in [1.29, 1.82) is 0 Å². The number of carbonyl (C=O) groups excluding carboxylic acids is 1. The number of aliphatic carboxylic acids is 1. The van der Waals surface area contributed by atoms with Crippen LogP contribution in [0.4, 0.5) is 10.1 Å². The molecule has 1 saturated heterocycles. The van der Waals surface area contributed by atoms with E-state index in [9.17, 15) is 9.59 Å². The molecule has 42 heavy (non-hydrogen) atoms. The average Bonchev–Trinajstić information content (AvgIpc) is 3.65. The number of nitrogens with zero attached hydrogens (tertiary/aromatic N) is 4. The molecule has 0 spiro atoms. The maximum Gasteiger partial charge on any atom is 0.374 e. The molecule has 214 valence electrons. The SMILES string of the molecule is CCc1cc(C(=O)N2CCc3ccccc3[C@H]2C)c(C)c2cc(-c3ccc(N4CCC([Si]#CC(=O)O)C4)cc3F)nn12. The Bertz CT molecular complexity index is 1790. The van der Waals surface area contributed by atoms with Crippen LogP contribution < -0.4 is 4.90 Å². The van der Waals surface area contributed by atoms with Gasteiger partial charge in [-0.3, -0.25) is 4.79 Å². The number of carboxylic acids is 1. The summed E-state index contributed by atoms with van der Waals surface area (Å²) in [5.74, 6) is -1.37. The van der Waals surface area contributed by atoms with E-state index in [1.165, 1.54) is 17.2 Å². The number of fused-ring (bicyclic) bond motifs is 2. The van der Waals surface area contributed by atoms with Crippen molar-refractivity contribution in [2.75, 3.05) is 24.5 Å². The fraction of sp³-hybridized carbons (Fsp3) is 0.333. The van der Waals surface area contributed by atoms with Crippen LogP contribution in [0.1, 0.15) is 59.1 Å². The summed E-state index contributed by atoms with van der Waals surface area (Å²) in [6.07, 6.45) is 2.36. The van der Waals surface area contributed by atoms with E-state index < -0.39 is 5.97 Å². The van der Waals surface area contributed by atoms with Gasteiger partial charge in [0.25, 0.3) is 5.91 Å². The van der Waals surface area contributed by atoms with Gasteiger partial charge in [0.2, 0.25) is 0 Å². The van der Waals surface area contributed by atoms with Gasteiger partial charge in [0, 0.05) is 56.6 Å². The zero-order valence-electron chi connectivity index (χ0n) is 24.0. The van der Waals surface area contributed by atoms with Crippen LogP contribution in [0.25, 0.3) is 16.8 Å². The minimum atomic E-state index is -1.01. The van der Waals surface area contributed by atoms with Crippen molar-refractivity contribution in [2.24, 2.45) is 0 Å². The monoisotopic (exact) mass is 580 g/mol. The number of halogens is 1. The fourth-order valence-electron chi connectivity index (χ4n) is 6.34. The molecule has 1 fully saturated rings. The van der Waals surface area contributed by atoms with Gasteiger partial charge >= 0.3 is 5.97 Å². The lowest BCUT2D eigenvalue weighted by Gasteiger charge is -2.35. The van der Waals surface area contributed by atoms with Gasteiger partial charge in [-0.15, -0.1) is 0 Å². The number of carbonyl (C=O) groups is 2. The fourth-order valence-corrected chi connectivity index (χ4v) is 7.25. The van der Waals surface area contributed by atoms with E-state index in [-0.39, 0.29) is 32.3 Å². The highest BCUT2D eigenvalue weighted by molar-refractivity contribution is 6.32. The molecule has 1 unspecified atom stereocenters. The van der Waals surface area contributed by atoms with Gasteiger partial charge in [0.15, 0.2) is 0 Å². The Kier molecular flexibility index (Phi) is 7.47. The van der Waals surface area contributed by atoms with E-state index in [4.69, 9.17) is 10.2 Å². The summed E-state index contributed by atoms with van der Waals surface area (Å²) < 4.78 is 17.4. The summed E-state index contributed by atoms with van der Waals surface area (Å²) in [4.78, 5) is 28.8. The quantitative estimate of drug-likeness (QED) is 0.322. The molecule has 7 nitrogen and oxygen atoms in total. The minimum Gasteiger partial charge on any atom is -0.472 e. The first-order valence-corrected chi connectivity index (χ1v) is 15.5. The standard InChI is InChI=1S/C33H33FN4O3Si/c1-4-23-15-28(33(41)37-14-11-22-7-5-6-8-26(22)21(37)3)20(2)31-17-30(35-38(23)31)27-10-9-24(16-29(27)34)36-13-12-25(18-36)42-19-32(39)40/h5-10,15-17,21,25H,4,11-14,18H2,1-3H3,(H,39,40)/t21-,25?/m1/s1. The van der Waals surface area contributed by atoms with Crippen LogP contribution >= 0.6 is 0 Å². The predicted octanol–water partition coefficient (Wildman–Crippen LogP) is 5.52. The van der Waals surface area contributed by atoms with Gasteiger partial charge in [-0.1, -0.05) is 31.2 Å². The maximum absolute atomic E-state index is 15.5. The lowest BCUT2D eigenvalue weighted by atomic mass is 9.92. The Balaban J connectivity index is 1.30. The van der Waals surface area contributed by atoms with Crippen LogP contribution in [0.3, 0.4) is 0 Å². The Labute approximate surface area is 246 Å². The molecule has 4 heterocycles. The number of pyridine rings is 1. The lowest BCUT2D eigenvalue weighted by Crippen LogP contribution is -2.39. The van der Waals surface area contributed by atoms with Crippen molar-refractivity contribution >= 4 is 32.0 Å². The van der Waals surface area contributed by atoms with Gasteiger partial charge in [-0.2, -0.15) is 5.10 Å². The molecule has 6 rings (SSSR count). The van der Waals surface area contributed by atoms with E-state index >= 15 is 4.39 Å². The molecule has 2 aliphatic heterocycles. The summed E-state index contributed by atoms with van der Waals surface area (Å²) in [6.45, 7) is 8.17. The molecule has 0 aliphatic carbocycles. The van der Waals surface area contributed by atoms with Crippen molar-refractivity contribution < 1.29 is 19.1 Å². The summed E-state index contributed by atoms with van der Waals surface area (Å²) in [5.41, 5.74) is 10.1. The molecule has 0 bridgehead atoms. The van der Waals surface area contributed by atoms with Crippen molar-refractivity contribution in [3.63, 3.8) is 0 Å². The molecule has 2 aliphatic rings. The highest BCUT2D eigenvalue weighted by Gasteiger charge is 2.30. The summed E-state index contributed by atoms with van der Waals surface area (Å²) in [7, 11) is 0.125. The highest BCUT2D eigenvalue weighted by Crippen LogP contribution is 2.34. The molecule has 2 aromatic heterocycles. The van der Waals surface area contributed by atoms with Gasteiger partial charge < -0.3 is 14.9 Å². The Morgan fingerprint density at radius 1 is 1.14 bits per heavy atom. The molecule has 4 aromatic rings. The van der Waals surface area contributed by atoms with Crippen molar-refractivity contribution in [3.8, 4) is 16.8 Å². The van der Waals surface area contributed by atoms with Crippen LogP contribution in [0, 0.1) is 18.2 Å². The zero-order chi connectivity index (χ0) is 29.5. The number of rotatable bonds is 4. The Hall–Kier alpha value is -4.20. The van der Waals surface area contributed by atoms with E-state index in [0.717, 1.165) is 41.8 Å². The molecular formula is C33H33FN4O3Si. The minimum absolute atomic E-state index is 0.00747. The molecule has 2 aromatic carbocycles. The average molecular weight is 581 g/mol. The summed E-state index contributed by atoms with van der Waals surface area (Å²) >= 11 is 0. The zero-order valence-corrected chi connectivity index (χ0v) is 25.0. The van der Waals surface area contributed by atoms with Crippen LogP contribution in [0.5, 0.6) is 0 Å². The van der Waals surface area contributed by atoms with Crippen LogP contribution in [0.2, 0.25) is 5.54 Å². The second kappa shape index (κ2) is 11.2. The summed E-state index contributed by atoms with van der Waals surface area (Å²) in [5, 5.41) is 13.7. The molecule has 1 N–H and O–H groups in total. The number of hydrogen-bond acceptors (Lipinski definition) is 4. The van der Waals surface area contributed by atoms with Crippen molar-refractivity contribution in [2.45, 2.75) is 51.6 Å². The van der Waals surface area contributed by atoms with E-state index in [1.807, 2.05) is 53.6 Å². The number of benzene rings is 2. The first-order valence-electron chi connectivity index (χ1n) is 14.5. The number of anilines is 1. The molecule has 2 atom stereocenters. The Morgan fingerprint density at radius 2 is 1.95 bits per heavy atom. The normalized spacial score (nSPS) is 18.1.